The molecule has 3 rings (SSSR count). The molecule has 0 aliphatic rings. The topological polar surface area (TPSA) is 46.9 Å². The number of anilines is 1. The molecule has 0 bridgehead atoms. The van der Waals surface area contributed by atoms with Crippen LogP contribution in [0, 0.1) is 19.8 Å². The maximum atomic E-state index is 12.6. The third-order valence-electron chi connectivity index (χ3n) is 4.59. The molecular formula is C23H27N3OS. The standard InChI is InChI=1S/C23H27N3OS/c1-16(2)14-26-18(4)17(3)24-23(26)28-15-22(27)25-21-13-9-8-12-20(21)19-10-6-5-7-11-19/h5-13,16H,14-15H2,1-4H3,(H,25,27). The molecule has 0 atom stereocenters. The van der Waals surface area contributed by atoms with Crippen molar-refractivity contribution in [3.8, 4) is 11.1 Å². The van der Waals surface area contributed by atoms with Gasteiger partial charge in [0, 0.05) is 23.5 Å². The molecule has 1 aromatic heterocycles. The van der Waals surface area contributed by atoms with Gasteiger partial charge in [-0.25, -0.2) is 4.98 Å². The van der Waals surface area contributed by atoms with E-state index in [9.17, 15) is 4.79 Å². The van der Waals surface area contributed by atoms with E-state index < -0.39 is 0 Å². The molecule has 0 fully saturated rings. The number of thioether (sulfide) groups is 1. The second-order valence-corrected chi connectivity index (χ2v) is 8.26. The van der Waals surface area contributed by atoms with E-state index in [4.69, 9.17) is 0 Å². The summed E-state index contributed by atoms with van der Waals surface area (Å²) in [5.41, 5.74) is 5.14. The minimum absolute atomic E-state index is 0.0252. The van der Waals surface area contributed by atoms with E-state index in [1.807, 2.05) is 61.5 Å². The second-order valence-electron chi connectivity index (χ2n) is 7.32. The SMILES string of the molecule is Cc1nc(SCC(=O)Nc2ccccc2-c2ccccc2)n(CC(C)C)c1C. The number of hydrogen-bond donors (Lipinski definition) is 1. The highest BCUT2D eigenvalue weighted by atomic mass is 32.2. The lowest BCUT2D eigenvalue weighted by Crippen LogP contribution is -2.15. The van der Waals surface area contributed by atoms with Crippen molar-refractivity contribution in [1.82, 2.24) is 9.55 Å². The highest BCUT2D eigenvalue weighted by Crippen LogP contribution is 2.28. The van der Waals surface area contributed by atoms with Gasteiger partial charge in [-0.2, -0.15) is 0 Å². The van der Waals surface area contributed by atoms with Crippen molar-refractivity contribution in [1.29, 1.82) is 0 Å². The van der Waals surface area contributed by atoms with E-state index in [1.165, 1.54) is 17.5 Å². The average molecular weight is 394 g/mol. The molecule has 0 radical (unpaired) electrons. The number of nitrogens with one attached hydrogen (secondary N) is 1. The van der Waals surface area contributed by atoms with Crippen LogP contribution in [-0.4, -0.2) is 21.2 Å². The van der Waals surface area contributed by atoms with Crippen LogP contribution in [0.3, 0.4) is 0 Å². The Kier molecular flexibility index (Phi) is 6.57. The van der Waals surface area contributed by atoms with Gasteiger partial charge in [0.25, 0.3) is 0 Å². The fourth-order valence-corrected chi connectivity index (χ4v) is 3.99. The van der Waals surface area contributed by atoms with Crippen LogP contribution in [0.1, 0.15) is 25.2 Å². The lowest BCUT2D eigenvalue weighted by Gasteiger charge is -2.13. The van der Waals surface area contributed by atoms with Gasteiger partial charge in [0.1, 0.15) is 0 Å². The number of amides is 1. The summed E-state index contributed by atoms with van der Waals surface area (Å²) in [6, 6.07) is 18.0. The van der Waals surface area contributed by atoms with Gasteiger partial charge >= 0.3 is 0 Å². The lowest BCUT2D eigenvalue weighted by molar-refractivity contribution is -0.113. The second kappa shape index (κ2) is 9.11. The van der Waals surface area contributed by atoms with Crippen LogP contribution in [0.2, 0.25) is 0 Å². The van der Waals surface area contributed by atoms with Crippen LogP contribution in [0.25, 0.3) is 11.1 Å². The normalized spacial score (nSPS) is 11.0. The quantitative estimate of drug-likeness (QED) is 0.535. The van der Waals surface area contributed by atoms with Crippen molar-refractivity contribution in [2.75, 3.05) is 11.1 Å². The number of nitrogens with zero attached hydrogens (tertiary/aromatic N) is 2. The van der Waals surface area contributed by atoms with E-state index in [0.29, 0.717) is 11.7 Å². The van der Waals surface area contributed by atoms with Gasteiger partial charge in [-0.15, -0.1) is 0 Å². The van der Waals surface area contributed by atoms with Crippen molar-refractivity contribution in [3.05, 3.63) is 66.0 Å². The first-order valence-corrected chi connectivity index (χ1v) is 10.5. The van der Waals surface area contributed by atoms with Gasteiger partial charge < -0.3 is 9.88 Å². The molecule has 5 heteroatoms. The fourth-order valence-electron chi connectivity index (χ4n) is 3.09. The van der Waals surface area contributed by atoms with Crippen LogP contribution >= 0.6 is 11.8 Å². The zero-order chi connectivity index (χ0) is 20.1. The molecule has 146 valence electrons. The molecule has 0 unspecified atom stereocenters. The van der Waals surface area contributed by atoms with Crippen molar-refractivity contribution in [2.45, 2.75) is 39.4 Å². The molecule has 2 aromatic carbocycles. The van der Waals surface area contributed by atoms with Gasteiger partial charge in [0.15, 0.2) is 5.16 Å². The van der Waals surface area contributed by atoms with Gasteiger partial charge in [-0.05, 0) is 31.4 Å². The average Bonchev–Trinajstić information content (AvgIpc) is 2.95. The zero-order valence-electron chi connectivity index (χ0n) is 16.9. The molecular weight excluding hydrogens is 366 g/mol. The summed E-state index contributed by atoms with van der Waals surface area (Å²) in [5, 5.41) is 3.98. The van der Waals surface area contributed by atoms with Crippen molar-refractivity contribution in [3.63, 3.8) is 0 Å². The summed E-state index contributed by atoms with van der Waals surface area (Å²) in [7, 11) is 0. The van der Waals surface area contributed by atoms with Gasteiger partial charge in [0.05, 0.1) is 11.4 Å². The van der Waals surface area contributed by atoms with Crippen LogP contribution in [0.4, 0.5) is 5.69 Å². The molecule has 0 aliphatic heterocycles. The van der Waals surface area contributed by atoms with Gasteiger partial charge in [-0.3, -0.25) is 4.79 Å². The molecule has 0 saturated carbocycles. The zero-order valence-corrected chi connectivity index (χ0v) is 17.7. The first-order valence-electron chi connectivity index (χ1n) is 9.56. The minimum atomic E-state index is -0.0252. The number of hydrogen-bond acceptors (Lipinski definition) is 3. The summed E-state index contributed by atoms with van der Waals surface area (Å²) >= 11 is 1.49. The predicted octanol–water partition coefficient (Wildman–Crippen LogP) is 5.55. The Morgan fingerprint density at radius 1 is 1.07 bits per heavy atom. The maximum absolute atomic E-state index is 12.6. The largest absolute Gasteiger partial charge is 0.325 e. The van der Waals surface area contributed by atoms with Crippen molar-refractivity contribution in [2.24, 2.45) is 5.92 Å². The third kappa shape index (κ3) is 4.84. The molecule has 28 heavy (non-hydrogen) atoms. The summed E-state index contributed by atoms with van der Waals surface area (Å²) < 4.78 is 2.22. The minimum Gasteiger partial charge on any atom is -0.325 e. The van der Waals surface area contributed by atoms with E-state index in [2.05, 4.69) is 35.6 Å². The molecule has 0 aliphatic carbocycles. The van der Waals surface area contributed by atoms with Gasteiger partial charge in [-0.1, -0.05) is 74.1 Å². The number of carbonyl (C=O) groups is 1. The predicted molar refractivity (Wildman–Crippen MR) is 118 cm³/mol. The number of rotatable bonds is 7. The monoisotopic (exact) mass is 393 g/mol. The lowest BCUT2D eigenvalue weighted by atomic mass is 10.0. The summed E-state index contributed by atoms with van der Waals surface area (Å²) in [6.07, 6.45) is 0. The maximum Gasteiger partial charge on any atom is 0.234 e. The first kappa shape index (κ1) is 20.2. The number of carbonyl (C=O) groups excluding carboxylic acids is 1. The molecule has 1 amide bonds. The Labute approximate surface area is 171 Å². The van der Waals surface area contributed by atoms with Crippen LogP contribution < -0.4 is 5.32 Å². The Hall–Kier alpha value is -2.53. The molecule has 0 saturated heterocycles. The number of benzene rings is 2. The van der Waals surface area contributed by atoms with Crippen LogP contribution in [0.15, 0.2) is 59.8 Å². The van der Waals surface area contributed by atoms with Crippen LogP contribution in [0.5, 0.6) is 0 Å². The third-order valence-corrected chi connectivity index (χ3v) is 5.57. The van der Waals surface area contributed by atoms with E-state index in [1.54, 1.807) is 0 Å². The van der Waals surface area contributed by atoms with Crippen molar-refractivity contribution < 1.29 is 4.79 Å². The van der Waals surface area contributed by atoms with E-state index in [0.717, 1.165) is 34.2 Å². The van der Waals surface area contributed by atoms with Crippen LogP contribution in [-0.2, 0) is 11.3 Å². The Balaban J connectivity index is 1.71. The van der Waals surface area contributed by atoms with E-state index >= 15 is 0 Å². The number of aryl methyl sites for hydroxylation is 1. The van der Waals surface area contributed by atoms with Crippen molar-refractivity contribution >= 4 is 23.4 Å². The highest BCUT2D eigenvalue weighted by Gasteiger charge is 2.15. The highest BCUT2D eigenvalue weighted by molar-refractivity contribution is 7.99. The molecule has 0 spiro atoms. The molecule has 1 heterocycles. The van der Waals surface area contributed by atoms with Gasteiger partial charge in [0.2, 0.25) is 5.91 Å². The number of imidazole rings is 1. The van der Waals surface area contributed by atoms with E-state index in [-0.39, 0.29) is 5.91 Å². The molecule has 4 nitrogen and oxygen atoms in total. The Morgan fingerprint density at radius 2 is 1.75 bits per heavy atom. The molecule has 1 N–H and O–H groups in total. The fraction of sp³-hybridized carbons (Fsp3) is 0.304. The summed E-state index contributed by atoms with van der Waals surface area (Å²) in [6.45, 7) is 9.40. The molecule has 3 aromatic rings. The number of aromatic nitrogens is 2. The number of para-hydroxylation sites is 1. The Bertz CT molecular complexity index is 948. The Morgan fingerprint density at radius 3 is 2.46 bits per heavy atom. The smallest absolute Gasteiger partial charge is 0.234 e. The first-order chi connectivity index (χ1) is 13.5. The summed E-state index contributed by atoms with van der Waals surface area (Å²) in [4.78, 5) is 17.3. The summed E-state index contributed by atoms with van der Waals surface area (Å²) in [5.74, 6) is 0.831.